The Hall–Kier alpha value is -3.64. The van der Waals surface area contributed by atoms with E-state index in [1.165, 1.54) is 17.2 Å². The van der Waals surface area contributed by atoms with Gasteiger partial charge in [0.15, 0.2) is 0 Å². The van der Waals surface area contributed by atoms with E-state index in [2.05, 4.69) is 60.8 Å². The quantitative estimate of drug-likeness (QED) is 0.453. The van der Waals surface area contributed by atoms with Crippen molar-refractivity contribution in [2.45, 2.75) is 63.0 Å². The van der Waals surface area contributed by atoms with Gasteiger partial charge in [0, 0.05) is 31.6 Å². The first kappa shape index (κ1) is 27.5. The van der Waals surface area contributed by atoms with Gasteiger partial charge in [-0.2, -0.15) is 15.2 Å². The molecule has 216 valence electrons. The van der Waals surface area contributed by atoms with Crippen LogP contribution >= 0.6 is 0 Å². The van der Waals surface area contributed by atoms with Crippen LogP contribution in [0.15, 0.2) is 36.9 Å². The lowest BCUT2D eigenvalue weighted by Crippen LogP contribution is -2.55. The summed E-state index contributed by atoms with van der Waals surface area (Å²) in [5.41, 5.74) is 3.36. The molecule has 2 atom stereocenters. The minimum atomic E-state index is -0.397. The highest BCUT2D eigenvalue weighted by Gasteiger charge is 2.46. The van der Waals surface area contributed by atoms with Crippen LogP contribution in [0, 0.1) is 16.7 Å². The molecular formula is C32H40N6O3. The number of anilines is 1. The lowest BCUT2D eigenvalue weighted by Gasteiger charge is -2.44. The summed E-state index contributed by atoms with van der Waals surface area (Å²) in [6.07, 6.45) is 8.59. The van der Waals surface area contributed by atoms with Crippen molar-refractivity contribution in [2.24, 2.45) is 5.41 Å². The molecule has 2 aliphatic heterocycles. The zero-order valence-corrected chi connectivity index (χ0v) is 24.3. The van der Waals surface area contributed by atoms with E-state index in [1.54, 1.807) is 4.90 Å². The van der Waals surface area contributed by atoms with E-state index in [1.807, 2.05) is 0 Å². The zero-order valence-electron chi connectivity index (χ0n) is 24.3. The van der Waals surface area contributed by atoms with E-state index >= 15 is 0 Å². The maximum absolute atomic E-state index is 12.5. The molecule has 6 rings (SSSR count). The largest absolute Gasteiger partial charge is 0.466 e. The summed E-state index contributed by atoms with van der Waals surface area (Å²) >= 11 is 0. The molecule has 1 aromatic carbocycles. The Balaban J connectivity index is 1.34. The number of nitrogens with zero attached hydrogens (tertiary/aromatic N) is 6. The number of hydrogen-bond acceptors (Lipinski definition) is 8. The molecular weight excluding hydrogens is 516 g/mol. The van der Waals surface area contributed by atoms with Crippen molar-refractivity contribution in [3.63, 3.8) is 0 Å². The molecule has 9 heteroatoms. The van der Waals surface area contributed by atoms with Crippen LogP contribution in [-0.4, -0.2) is 78.6 Å². The summed E-state index contributed by atoms with van der Waals surface area (Å²) in [6, 6.07) is 11.0. The van der Waals surface area contributed by atoms with E-state index in [4.69, 9.17) is 19.4 Å². The number of aryl methyl sites for hydroxylation is 1. The number of carbonyl (C=O) groups excluding carboxylic acids is 1. The van der Waals surface area contributed by atoms with Crippen LogP contribution in [0.5, 0.6) is 11.9 Å². The highest BCUT2D eigenvalue weighted by molar-refractivity contribution is 5.87. The molecule has 2 fully saturated rings. The van der Waals surface area contributed by atoms with Gasteiger partial charge in [0.05, 0.1) is 30.7 Å². The molecule has 2 aliphatic carbocycles. The molecule has 0 unspecified atom stereocenters. The Morgan fingerprint density at radius 2 is 2.05 bits per heavy atom. The van der Waals surface area contributed by atoms with Gasteiger partial charge in [0.25, 0.3) is 0 Å². The van der Waals surface area contributed by atoms with Gasteiger partial charge >= 0.3 is 6.01 Å². The SMILES string of the molecule is C=CC(=O)N1CCN(c2nc(OCC3(CN(C)C)CC3)nc3c2CC[C@]2(CCCc4ccccc42)O3)C[C@@H]1CC#N. The molecule has 0 bridgehead atoms. The Kier molecular flexibility index (Phi) is 7.37. The van der Waals surface area contributed by atoms with Gasteiger partial charge in [0.1, 0.15) is 11.4 Å². The van der Waals surface area contributed by atoms with Crippen molar-refractivity contribution in [2.75, 3.05) is 51.8 Å². The molecule has 4 aliphatic rings. The monoisotopic (exact) mass is 556 g/mol. The van der Waals surface area contributed by atoms with E-state index < -0.39 is 5.60 Å². The Morgan fingerprint density at radius 3 is 2.80 bits per heavy atom. The number of rotatable bonds is 8. The van der Waals surface area contributed by atoms with Crippen molar-refractivity contribution in [1.29, 1.82) is 5.26 Å². The number of benzene rings is 1. The standard InChI is InChI=1S/C32H40N6O3/c1-4-27(39)38-19-18-37(20-24(38)12-17-33)28-25-11-14-32(13-7-9-23-8-5-6-10-26(23)32)41-29(25)35-30(34-28)40-22-31(15-16-31)21-36(2)3/h4-6,8,10,24H,1,7,9,11-16,18-22H2,2-3H3/t24-,32-/m0/s1. The normalized spacial score (nSPS) is 24.2. The molecule has 1 saturated carbocycles. The van der Waals surface area contributed by atoms with E-state index in [-0.39, 0.29) is 23.8 Å². The van der Waals surface area contributed by atoms with Crippen LogP contribution < -0.4 is 14.4 Å². The number of ether oxygens (including phenoxy) is 2. The second kappa shape index (κ2) is 11.0. The third kappa shape index (κ3) is 5.38. The van der Waals surface area contributed by atoms with Gasteiger partial charge in [-0.25, -0.2) is 0 Å². The smallest absolute Gasteiger partial charge is 0.321 e. The average molecular weight is 557 g/mol. The summed E-state index contributed by atoms with van der Waals surface area (Å²) < 4.78 is 13.3. The number of piperazine rings is 1. The van der Waals surface area contributed by atoms with Gasteiger partial charge in [-0.05, 0) is 76.2 Å². The molecule has 0 radical (unpaired) electrons. The first-order valence-electron chi connectivity index (χ1n) is 14.9. The molecule has 3 heterocycles. The molecule has 1 spiro atoms. The third-order valence-corrected chi connectivity index (χ3v) is 9.22. The summed E-state index contributed by atoms with van der Waals surface area (Å²) in [5, 5.41) is 9.52. The highest BCUT2D eigenvalue weighted by atomic mass is 16.5. The molecule has 1 aromatic heterocycles. The minimum absolute atomic E-state index is 0.141. The fourth-order valence-corrected chi connectivity index (χ4v) is 7.02. The Morgan fingerprint density at radius 1 is 1.22 bits per heavy atom. The van der Waals surface area contributed by atoms with Crippen molar-refractivity contribution < 1.29 is 14.3 Å². The zero-order chi connectivity index (χ0) is 28.6. The Labute approximate surface area is 242 Å². The van der Waals surface area contributed by atoms with E-state index in [0.717, 1.165) is 62.9 Å². The topological polar surface area (TPSA) is 94.8 Å². The Bertz CT molecular complexity index is 1370. The van der Waals surface area contributed by atoms with Gasteiger partial charge in [-0.3, -0.25) is 4.79 Å². The summed E-state index contributed by atoms with van der Waals surface area (Å²) in [6.45, 7) is 6.79. The van der Waals surface area contributed by atoms with Crippen LogP contribution in [0.4, 0.5) is 5.82 Å². The number of carbonyl (C=O) groups is 1. The van der Waals surface area contributed by atoms with Crippen LogP contribution in [0.1, 0.15) is 55.2 Å². The van der Waals surface area contributed by atoms with E-state index in [9.17, 15) is 10.1 Å². The van der Waals surface area contributed by atoms with Crippen LogP contribution in [-0.2, 0) is 23.2 Å². The first-order chi connectivity index (χ1) is 19.9. The number of amides is 1. The van der Waals surface area contributed by atoms with Crippen molar-refractivity contribution in [1.82, 2.24) is 19.8 Å². The van der Waals surface area contributed by atoms with Crippen molar-refractivity contribution in [3.05, 3.63) is 53.6 Å². The molecule has 1 amide bonds. The third-order valence-electron chi connectivity index (χ3n) is 9.22. The lowest BCUT2D eigenvalue weighted by atomic mass is 9.75. The molecule has 41 heavy (non-hydrogen) atoms. The van der Waals surface area contributed by atoms with Gasteiger partial charge in [-0.1, -0.05) is 30.8 Å². The van der Waals surface area contributed by atoms with Gasteiger partial charge in [-0.15, -0.1) is 0 Å². The molecule has 0 N–H and O–H groups in total. The fraction of sp³-hybridized carbons (Fsp3) is 0.562. The summed E-state index contributed by atoms with van der Waals surface area (Å²) in [7, 11) is 4.19. The van der Waals surface area contributed by atoms with Gasteiger partial charge in [0.2, 0.25) is 11.8 Å². The first-order valence-corrected chi connectivity index (χ1v) is 14.9. The number of fused-ring (bicyclic) bond motifs is 3. The van der Waals surface area contributed by atoms with Crippen molar-refractivity contribution in [3.8, 4) is 18.0 Å². The number of aromatic nitrogens is 2. The fourth-order valence-electron chi connectivity index (χ4n) is 7.02. The highest BCUT2D eigenvalue weighted by Crippen LogP contribution is 2.49. The maximum Gasteiger partial charge on any atom is 0.321 e. The maximum atomic E-state index is 12.5. The summed E-state index contributed by atoms with van der Waals surface area (Å²) in [4.78, 5) is 28.5. The molecule has 2 aromatic rings. The number of nitriles is 1. The molecule has 9 nitrogen and oxygen atoms in total. The van der Waals surface area contributed by atoms with Gasteiger partial charge < -0.3 is 24.2 Å². The number of hydrogen-bond donors (Lipinski definition) is 0. The average Bonchev–Trinajstić information content (AvgIpc) is 3.74. The summed E-state index contributed by atoms with van der Waals surface area (Å²) in [5.74, 6) is 1.26. The minimum Gasteiger partial charge on any atom is -0.466 e. The van der Waals surface area contributed by atoms with E-state index in [0.29, 0.717) is 38.1 Å². The predicted molar refractivity (Wildman–Crippen MR) is 156 cm³/mol. The van der Waals surface area contributed by atoms with Crippen LogP contribution in [0.2, 0.25) is 0 Å². The second-order valence-electron chi connectivity index (χ2n) is 12.4. The van der Waals surface area contributed by atoms with Crippen LogP contribution in [0.25, 0.3) is 0 Å². The lowest BCUT2D eigenvalue weighted by molar-refractivity contribution is -0.128. The molecule has 1 saturated heterocycles. The van der Waals surface area contributed by atoms with Crippen LogP contribution in [0.3, 0.4) is 0 Å². The van der Waals surface area contributed by atoms with Crippen molar-refractivity contribution >= 4 is 11.7 Å². The second-order valence-corrected chi connectivity index (χ2v) is 12.4. The predicted octanol–water partition coefficient (Wildman–Crippen LogP) is 3.87.